The molecule has 0 aliphatic rings. The number of hydrogen-bond acceptors (Lipinski definition) is 3. The number of nitrogens with zero attached hydrogens (tertiary/aromatic N) is 1. The average molecular weight is 328 g/mol. The number of anilines is 1. The molecule has 1 heterocycles. The Morgan fingerprint density at radius 3 is 2.78 bits per heavy atom. The maximum atomic E-state index is 12.0. The van der Waals surface area contributed by atoms with Crippen LogP contribution in [0.15, 0.2) is 60.9 Å². The molecule has 6 heteroatoms. The number of aromatic nitrogens is 2. The van der Waals surface area contributed by atoms with E-state index in [1.807, 2.05) is 24.3 Å². The Morgan fingerprint density at radius 1 is 1.22 bits per heavy atom. The van der Waals surface area contributed by atoms with Crippen molar-refractivity contribution < 1.29 is 9.53 Å². The predicted molar refractivity (Wildman–Crippen MR) is 89.6 cm³/mol. The van der Waals surface area contributed by atoms with Crippen LogP contribution in [-0.2, 0) is 4.79 Å². The number of rotatable bonds is 5. The van der Waals surface area contributed by atoms with Gasteiger partial charge in [0, 0.05) is 28.7 Å². The average Bonchev–Trinajstić information content (AvgIpc) is 3.09. The van der Waals surface area contributed by atoms with E-state index in [0.717, 1.165) is 11.4 Å². The lowest BCUT2D eigenvalue weighted by Crippen LogP contribution is -2.20. The van der Waals surface area contributed by atoms with Gasteiger partial charge in [-0.1, -0.05) is 23.7 Å². The van der Waals surface area contributed by atoms with Crippen molar-refractivity contribution in [2.75, 3.05) is 11.9 Å². The minimum Gasteiger partial charge on any atom is -0.484 e. The fraction of sp³-hybridized carbons (Fsp3) is 0.0588. The molecular weight excluding hydrogens is 314 g/mol. The zero-order valence-corrected chi connectivity index (χ0v) is 12.9. The predicted octanol–water partition coefficient (Wildman–Crippen LogP) is 3.75. The van der Waals surface area contributed by atoms with Gasteiger partial charge in [0.25, 0.3) is 5.91 Å². The van der Waals surface area contributed by atoms with E-state index in [0.29, 0.717) is 16.5 Å². The van der Waals surface area contributed by atoms with E-state index in [1.54, 1.807) is 36.7 Å². The van der Waals surface area contributed by atoms with Gasteiger partial charge < -0.3 is 15.0 Å². The summed E-state index contributed by atoms with van der Waals surface area (Å²) < 4.78 is 5.41. The molecule has 2 aromatic carbocycles. The highest BCUT2D eigenvalue weighted by atomic mass is 35.5. The number of imidazole rings is 1. The van der Waals surface area contributed by atoms with E-state index >= 15 is 0 Å². The molecular formula is C17H14ClN3O2. The molecule has 0 aliphatic heterocycles. The van der Waals surface area contributed by atoms with Crippen LogP contribution in [-0.4, -0.2) is 22.5 Å². The van der Waals surface area contributed by atoms with Crippen LogP contribution >= 0.6 is 11.6 Å². The molecule has 0 aliphatic carbocycles. The molecule has 1 amide bonds. The molecule has 0 saturated heterocycles. The third kappa shape index (κ3) is 4.11. The number of H-pyrrole nitrogens is 1. The maximum Gasteiger partial charge on any atom is 0.262 e. The zero-order chi connectivity index (χ0) is 16.1. The van der Waals surface area contributed by atoms with Crippen molar-refractivity contribution in [3.63, 3.8) is 0 Å². The quantitative estimate of drug-likeness (QED) is 0.750. The monoisotopic (exact) mass is 327 g/mol. The van der Waals surface area contributed by atoms with Gasteiger partial charge in [-0.3, -0.25) is 4.79 Å². The molecule has 5 nitrogen and oxygen atoms in total. The van der Waals surface area contributed by atoms with Crippen LogP contribution in [0.1, 0.15) is 0 Å². The lowest BCUT2D eigenvalue weighted by molar-refractivity contribution is -0.118. The standard InChI is InChI=1S/C17H14ClN3O2/c18-13-4-6-15(7-5-13)23-11-16(22)21-14-3-1-2-12(10-14)17-19-8-9-20-17/h1-10H,11H2,(H,19,20)(H,21,22). The molecule has 3 rings (SSSR count). The first kappa shape index (κ1) is 15.1. The summed E-state index contributed by atoms with van der Waals surface area (Å²) in [6.07, 6.45) is 3.43. The summed E-state index contributed by atoms with van der Waals surface area (Å²) in [6.45, 7) is -0.0768. The highest BCUT2D eigenvalue weighted by molar-refractivity contribution is 6.30. The Balaban J connectivity index is 1.59. The Hall–Kier alpha value is -2.79. The van der Waals surface area contributed by atoms with Crippen LogP contribution in [0.4, 0.5) is 5.69 Å². The molecule has 23 heavy (non-hydrogen) atoms. The molecule has 0 spiro atoms. The fourth-order valence-corrected chi connectivity index (χ4v) is 2.17. The van der Waals surface area contributed by atoms with Crippen molar-refractivity contribution in [3.8, 4) is 17.1 Å². The molecule has 3 aromatic rings. The van der Waals surface area contributed by atoms with Crippen LogP contribution < -0.4 is 10.1 Å². The second kappa shape index (κ2) is 6.98. The van der Waals surface area contributed by atoms with E-state index in [-0.39, 0.29) is 12.5 Å². The summed E-state index contributed by atoms with van der Waals surface area (Å²) in [7, 11) is 0. The Labute approximate surface area is 138 Å². The summed E-state index contributed by atoms with van der Waals surface area (Å²) in [5, 5.41) is 3.42. The fourth-order valence-electron chi connectivity index (χ4n) is 2.04. The first-order chi connectivity index (χ1) is 11.2. The third-order valence-electron chi connectivity index (χ3n) is 3.10. The van der Waals surface area contributed by atoms with Crippen molar-refractivity contribution in [1.82, 2.24) is 9.97 Å². The summed E-state index contributed by atoms with van der Waals surface area (Å²) in [5.74, 6) is 1.10. The van der Waals surface area contributed by atoms with Gasteiger partial charge in [0.15, 0.2) is 6.61 Å². The summed E-state index contributed by atoms with van der Waals surface area (Å²) in [6, 6.07) is 14.3. The summed E-state index contributed by atoms with van der Waals surface area (Å²) in [5.41, 5.74) is 1.58. The van der Waals surface area contributed by atoms with E-state index in [1.165, 1.54) is 0 Å². The lowest BCUT2D eigenvalue weighted by atomic mass is 10.2. The van der Waals surface area contributed by atoms with Gasteiger partial charge in [0.05, 0.1) is 0 Å². The van der Waals surface area contributed by atoms with E-state index in [2.05, 4.69) is 15.3 Å². The highest BCUT2D eigenvalue weighted by Gasteiger charge is 2.06. The van der Waals surface area contributed by atoms with Crippen molar-refractivity contribution in [2.24, 2.45) is 0 Å². The van der Waals surface area contributed by atoms with Crippen molar-refractivity contribution in [1.29, 1.82) is 0 Å². The minimum absolute atomic E-state index is 0.0768. The van der Waals surface area contributed by atoms with Crippen LogP contribution in [0.2, 0.25) is 5.02 Å². The number of hydrogen-bond donors (Lipinski definition) is 2. The largest absolute Gasteiger partial charge is 0.484 e. The number of amides is 1. The van der Waals surface area contributed by atoms with Gasteiger partial charge >= 0.3 is 0 Å². The number of nitrogens with one attached hydrogen (secondary N) is 2. The Kier molecular flexibility index (Phi) is 4.59. The molecule has 0 saturated carbocycles. The molecule has 1 aromatic heterocycles. The van der Waals surface area contributed by atoms with Gasteiger partial charge in [-0.2, -0.15) is 0 Å². The van der Waals surface area contributed by atoms with Crippen LogP contribution in [0, 0.1) is 0 Å². The summed E-state index contributed by atoms with van der Waals surface area (Å²) in [4.78, 5) is 19.2. The molecule has 0 radical (unpaired) electrons. The van der Waals surface area contributed by atoms with E-state index in [4.69, 9.17) is 16.3 Å². The molecule has 0 fully saturated rings. The number of carbonyl (C=O) groups is 1. The topological polar surface area (TPSA) is 67.0 Å². The van der Waals surface area contributed by atoms with Gasteiger partial charge in [0.1, 0.15) is 11.6 Å². The van der Waals surface area contributed by atoms with Crippen LogP contribution in [0.25, 0.3) is 11.4 Å². The second-order valence-corrected chi connectivity index (χ2v) is 5.25. The number of carbonyl (C=O) groups excluding carboxylic acids is 1. The molecule has 0 bridgehead atoms. The van der Waals surface area contributed by atoms with E-state index < -0.39 is 0 Å². The third-order valence-corrected chi connectivity index (χ3v) is 3.35. The maximum absolute atomic E-state index is 12.0. The van der Waals surface area contributed by atoms with Gasteiger partial charge in [0.2, 0.25) is 0 Å². The number of benzene rings is 2. The highest BCUT2D eigenvalue weighted by Crippen LogP contribution is 2.19. The minimum atomic E-state index is -0.239. The van der Waals surface area contributed by atoms with Gasteiger partial charge in [-0.15, -0.1) is 0 Å². The van der Waals surface area contributed by atoms with Crippen LogP contribution in [0.5, 0.6) is 5.75 Å². The molecule has 2 N–H and O–H groups in total. The Morgan fingerprint density at radius 2 is 2.04 bits per heavy atom. The normalized spacial score (nSPS) is 10.3. The zero-order valence-electron chi connectivity index (χ0n) is 12.1. The van der Waals surface area contributed by atoms with Crippen LogP contribution in [0.3, 0.4) is 0 Å². The van der Waals surface area contributed by atoms with Gasteiger partial charge in [-0.25, -0.2) is 4.98 Å². The SMILES string of the molecule is O=C(COc1ccc(Cl)cc1)Nc1cccc(-c2ncc[nH]2)c1. The molecule has 0 atom stereocenters. The first-order valence-corrected chi connectivity index (χ1v) is 7.36. The number of halogens is 1. The summed E-state index contributed by atoms with van der Waals surface area (Å²) >= 11 is 5.80. The first-order valence-electron chi connectivity index (χ1n) is 6.99. The molecule has 0 unspecified atom stereocenters. The second-order valence-electron chi connectivity index (χ2n) is 4.81. The van der Waals surface area contributed by atoms with Crippen molar-refractivity contribution in [3.05, 3.63) is 65.9 Å². The van der Waals surface area contributed by atoms with Gasteiger partial charge in [-0.05, 0) is 36.4 Å². The lowest BCUT2D eigenvalue weighted by Gasteiger charge is -2.08. The Bertz CT molecular complexity index is 786. The number of ether oxygens (including phenoxy) is 1. The number of aromatic amines is 1. The van der Waals surface area contributed by atoms with Crippen molar-refractivity contribution >= 4 is 23.2 Å². The molecule has 116 valence electrons. The van der Waals surface area contributed by atoms with Crippen molar-refractivity contribution in [2.45, 2.75) is 0 Å². The smallest absolute Gasteiger partial charge is 0.262 e. The van der Waals surface area contributed by atoms with E-state index in [9.17, 15) is 4.79 Å².